The van der Waals surface area contributed by atoms with Crippen molar-refractivity contribution in [1.82, 2.24) is 9.55 Å². The predicted octanol–water partition coefficient (Wildman–Crippen LogP) is 2.78. The Labute approximate surface area is 89.0 Å². The maximum Gasteiger partial charge on any atom is 0.0995 e. The van der Waals surface area contributed by atoms with Crippen LogP contribution < -0.4 is 0 Å². The molecule has 0 bridgehead atoms. The van der Waals surface area contributed by atoms with E-state index < -0.39 is 0 Å². The number of aromatic nitrogens is 2. The second-order valence-corrected chi connectivity index (χ2v) is 3.91. The van der Waals surface area contributed by atoms with E-state index in [0.717, 1.165) is 16.3 Å². The van der Waals surface area contributed by atoms with E-state index in [1.54, 1.807) is 0 Å². The highest BCUT2D eigenvalue weighted by atomic mass is 32.1. The minimum absolute atomic E-state index is 0.989. The molecule has 1 heterocycles. The predicted molar refractivity (Wildman–Crippen MR) is 60.3 cm³/mol. The van der Waals surface area contributed by atoms with Crippen molar-refractivity contribution in [3.8, 4) is 5.69 Å². The molecule has 2 rings (SSSR count). The van der Waals surface area contributed by atoms with Gasteiger partial charge in [-0.3, -0.25) is 0 Å². The van der Waals surface area contributed by atoms with Crippen LogP contribution in [0.1, 0.15) is 11.3 Å². The number of hydrogen-bond donors (Lipinski definition) is 1. The van der Waals surface area contributed by atoms with E-state index in [1.165, 1.54) is 5.56 Å². The summed E-state index contributed by atoms with van der Waals surface area (Å²) in [5.74, 6) is 0. The molecule has 1 aromatic carbocycles. The molecule has 1 aromatic heterocycles. The lowest BCUT2D eigenvalue weighted by atomic mass is 10.2. The third-order valence-corrected chi connectivity index (χ3v) is 2.45. The van der Waals surface area contributed by atoms with Gasteiger partial charge in [-0.25, -0.2) is 4.98 Å². The van der Waals surface area contributed by atoms with Gasteiger partial charge in [-0.05, 0) is 37.6 Å². The van der Waals surface area contributed by atoms with E-state index in [0.29, 0.717) is 0 Å². The number of imidazole rings is 1. The Hall–Kier alpha value is -1.22. The monoisotopic (exact) mass is 204 g/mol. The van der Waals surface area contributed by atoms with E-state index in [-0.39, 0.29) is 0 Å². The first-order valence-electron chi connectivity index (χ1n) is 4.47. The zero-order chi connectivity index (χ0) is 10.1. The molecule has 0 atom stereocenters. The Morgan fingerprint density at radius 1 is 1.29 bits per heavy atom. The normalized spacial score (nSPS) is 10.5. The van der Waals surface area contributed by atoms with Crippen molar-refractivity contribution in [2.24, 2.45) is 0 Å². The number of benzene rings is 1. The molecule has 72 valence electrons. The fourth-order valence-corrected chi connectivity index (χ4v) is 1.75. The molecular weight excluding hydrogens is 192 g/mol. The van der Waals surface area contributed by atoms with Crippen molar-refractivity contribution in [3.63, 3.8) is 0 Å². The highest BCUT2D eigenvalue weighted by molar-refractivity contribution is 7.80. The summed E-state index contributed by atoms with van der Waals surface area (Å²) in [5, 5.41) is 0. The molecule has 0 radical (unpaired) electrons. The molecule has 2 aromatic rings. The molecule has 0 aliphatic rings. The number of thiol groups is 1. The summed E-state index contributed by atoms with van der Waals surface area (Å²) >= 11 is 4.29. The Kier molecular flexibility index (Phi) is 2.33. The van der Waals surface area contributed by atoms with Gasteiger partial charge in [0.25, 0.3) is 0 Å². The van der Waals surface area contributed by atoms with Crippen molar-refractivity contribution < 1.29 is 0 Å². The molecule has 0 N–H and O–H groups in total. The second kappa shape index (κ2) is 3.50. The van der Waals surface area contributed by atoms with Crippen LogP contribution in [-0.2, 0) is 0 Å². The van der Waals surface area contributed by atoms with Crippen LogP contribution in [0.3, 0.4) is 0 Å². The van der Waals surface area contributed by atoms with Gasteiger partial charge >= 0.3 is 0 Å². The van der Waals surface area contributed by atoms with Crippen molar-refractivity contribution in [1.29, 1.82) is 0 Å². The molecule has 14 heavy (non-hydrogen) atoms. The molecule has 0 saturated heterocycles. The van der Waals surface area contributed by atoms with Gasteiger partial charge in [0, 0.05) is 16.8 Å². The van der Waals surface area contributed by atoms with E-state index in [9.17, 15) is 0 Å². The van der Waals surface area contributed by atoms with Crippen LogP contribution in [0.2, 0.25) is 0 Å². The Morgan fingerprint density at radius 2 is 2.07 bits per heavy atom. The topological polar surface area (TPSA) is 17.8 Å². The second-order valence-electron chi connectivity index (χ2n) is 3.39. The first-order chi connectivity index (χ1) is 6.66. The van der Waals surface area contributed by atoms with E-state index in [4.69, 9.17) is 0 Å². The standard InChI is InChI=1S/C11H12N2S/c1-8-5-10(14)3-4-11(8)13-6-9(2)12-7-13/h3-7,14H,1-2H3. The van der Waals surface area contributed by atoms with Crippen LogP contribution in [-0.4, -0.2) is 9.55 Å². The maximum atomic E-state index is 4.29. The number of rotatable bonds is 1. The van der Waals surface area contributed by atoms with Gasteiger partial charge in [0.05, 0.1) is 12.0 Å². The van der Waals surface area contributed by atoms with Crippen molar-refractivity contribution in [2.45, 2.75) is 18.7 Å². The molecule has 0 spiro atoms. The zero-order valence-electron chi connectivity index (χ0n) is 8.23. The molecule has 0 amide bonds. The molecule has 0 aliphatic heterocycles. The Bertz CT molecular complexity index is 460. The van der Waals surface area contributed by atoms with Gasteiger partial charge in [-0.2, -0.15) is 0 Å². The summed E-state index contributed by atoms with van der Waals surface area (Å²) in [6.07, 6.45) is 3.84. The summed E-state index contributed by atoms with van der Waals surface area (Å²) in [4.78, 5) is 5.19. The molecule has 2 nitrogen and oxygen atoms in total. The quantitative estimate of drug-likeness (QED) is 0.707. The van der Waals surface area contributed by atoms with Crippen molar-refractivity contribution in [2.75, 3.05) is 0 Å². The number of nitrogens with zero attached hydrogens (tertiary/aromatic N) is 2. The lowest BCUT2D eigenvalue weighted by Gasteiger charge is -2.06. The van der Waals surface area contributed by atoms with E-state index >= 15 is 0 Å². The van der Waals surface area contributed by atoms with Crippen LogP contribution >= 0.6 is 12.6 Å². The van der Waals surface area contributed by atoms with Gasteiger partial charge in [0.15, 0.2) is 0 Å². The fourth-order valence-electron chi connectivity index (χ4n) is 1.48. The van der Waals surface area contributed by atoms with Crippen LogP contribution in [0, 0.1) is 13.8 Å². The average Bonchev–Trinajstić information content (AvgIpc) is 2.51. The third kappa shape index (κ3) is 1.68. The van der Waals surface area contributed by atoms with Gasteiger partial charge in [-0.15, -0.1) is 12.6 Å². The van der Waals surface area contributed by atoms with Gasteiger partial charge < -0.3 is 4.57 Å². The van der Waals surface area contributed by atoms with Crippen molar-refractivity contribution >= 4 is 12.6 Å². The van der Waals surface area contributed by atoms with E-state index in [1.807, 2.05) is 36.1 Å². The minimum Gasteiger partial charge on any atom is -0.306 e. The van der Waals surface area contributed by atoms with Gasteiger partial charge in [0.1, 0.15) is 0 Å². The Morgan fingerprint density at radius 3 is 2.64 bits per heavy atom. The third-order valence-electron chi connectivity index (χ3n) is 2.17. The van der Waals surface area contributed by atoms with Gasteiger partial charge in [0.2, 0.25) is 0 Å². The maximum absolute atomic E-state index is 4.29. The van der Waals surface area contributed by atoms with Crippen LogP contribution in [0.25, 0.3) is 5.69 Å². The summed E-state index contributed by atoms with van der Waals surface area (Å²) in [6.45, 7) is 4.06. The first-order valence-corrected chi connectivity index (χ1v) is 4.92. The molecule has 0 saturated carbocycles. The lowest BCUT2D eigenvalue weighted by Crippen LogP contribution is -1.93. The lowest BCUT2D eigenvalue weighted by molar-refractivity contribution is 1.03. The molecule has 3 heteroatoms. The fraction of sp³-hybridized carbons (Fsp3) is 0.182. The molecule has 0 fully saturated rings. The largest absolute Gasteiger partial charge is 0.306 e. The molecular formula is C11H12N2S. The summed E-state index contributed by atoms with van der Waals surface area (Å²) in [5.41, 5.74) is 3.39. The first kappa shape index (κ1) is 9.34. The van der Waals surface area contributed by atoms with Crippen molar-refractivity contribution in [3.05, 3.63) is 42.0 Å². The minimum atomic E-state index is 0.989. The highest BCUT2D eigenvalue weighted by Crippen LogP contribution is 2.17. The van der Waals surface area contributed by atoms with Crippen LogP contribution in [0.15, 0.2) is 35.6 Å². The zero-order valence-corrected chi connectivity index (χ0v) is 9.12. The molecule has 0 aliphatic carbocycles. The smallest absolute Gasteiger partial charge is 0.0995 e. The molecule has 0 unspecified atom stereocenters. The summed E-state index contributed by atoms with van der Waals surface area (Å²) in [7, 11) is 0. The average molecular weight is 204 g/mol. The Balaban J connectivity index is 2.52. The number of hydrogen-bond acceptors (Lipinski definition) is 2. The number of aryl methyl sites for hydroxylation is 2. The SMILES string of the molecule is Cc1cn(-c2ccc(S)cc2C)cn1. The van der Waals surface area contributed by atoms with Crippen LogP contribution in [0.5, 0.6) is 0 Å². The summed E-state index contributed by atoms with van der Waals surface area (Å²) < 4.78 is 2.03. The van der Waals surface area contributed by atoms with Crippen LogP contribution in [0.4, 0.5) is 0 Å². The van der Waals surface area contributed by atoms with E-state index in [2.05, 4.69) is 30.6 Å². The van der Waals surface area contributed by atoms with Gasteiger partial charge in [-0.1, -0.05) is 0 Å². The summed E-state index contributed by atoms with van der Waals surface area (Å²) in [6, 6.07) is 6.09. The highest BCUT2D eigenvalue weighted by Gasteiger charge is 2.01.